The molecule has 0 spiro atoms. The smallest absolute Gasteiger partial charge is 0.114 e. The summed E-state index contributed by atoms with van der Waals surface area (Å²) in [6.45, 7) is 2.72. The first-order valence-corrected chi connectivity index (χ1v) is 11.7. The van der Waals surface area contributed by atoms with Gasteiger partial charge >= 0.3 is 0 Å². The van der Waals surface area contributed by atoms with E-state index in [0.29, 0.717) is 6.54 Å². The second-order valence-electron chi connectivity index (χ2n) is 8.06. The molecule has 3 aromatic heterocycles. The van der Waals surface area contributed by atoms with E-state index in [4.69, 9.17) is 0 Å². The summed E-state index contributed by atoms with van der Waals surface area (Å²) < 4.78 is 1.88. The average Bonchev–Trinajstić information content (AvgIpc) is 3.36. The van der Waals surface area contributed by atoms with Gasteiger partial charge in [0.25, 0.3) is 0 Å². The van der Waals surface area contributed by atoms with Crippen molar-refractivity contribution >= 4 is 22.7 Å². The van der Waals surface area contributed by atoms with Crippen LogP contribution < -0.4 is 5.32 Å². The van der Waals surface area contributed by atoms with Gasteiger partial charge in [0.15, 0.2) is 0 Å². The van der Waals surface area contributed by atoms with Gasteiger partial charge in [-0.05, 0) is 60.7 Å². The van der Waals surface area contributed by atoms with Crippen LogP contribution in [0, 0.1) is 5.92 Å². The van der Waals surface area contributed by atoms with Crippen molar-refractivity contribution in [2.45, 2.75) is 37.2 Å². The molecule has 6 nitrogen and oxygen atoms in total. The lowest BCUT2D eigenvalue weighted by Crippen LogP contribution is -2.26. The van der Waals surface area contributed by atoms with Crippen LogP contribution in [0.3, 0.4) is 0 Å². The van der Waals surface area contributed by atoms with Crippen molar-refractivity contribution in [3.05, 3.63) is 60.2 Å². The van der Waals surface area contributed by atoms with Gasteiger partial charge in [0.2, 0.25) is 0 Å². The lowest BCUT2D eigenvalue weighted by Gasteiger charge is -2.25. The normalized spacial score (nSPS) is 14.3. The number of rotatable bonds is 8. The summed E-state index contributed by atoms with van der Waals surface area (Å²) in [4.78, 5) is 8.97. The Balaban J connectivity index is 1.26. The summed E-state index contributed by atoms with van der Waals surface area (Å²) in [7, 11) is 0. The van der Waals surface area contributed by atoms with E-state index >= 15 is 0 Å². The summed E-state index contributed by atoms with van der Waals surface area (Å²) in [6.07, 6.45) is 11.9. The molecule has 7 heteroatoms. The Hall–Kier alpha value is -2.64. The number of hydrogen-bond acceptors (Lipinski definition) is 5. The van der Waals surface area contributed by atoms with Gasteiger partial charge in [-0.25, -0.2) is 4.68 Å². The highest BCUT2D eigenvalue weighted by atomic mass is 32.2. The number of thioether (sulfide) groups is 1. The van der Waals surface area contributed by atoms with Crippen LogP contribution in [0.25, 0.3) is 22.2 Å². The number of hydrogen-bond donors (Lipinski definition) is 2. The molecule has 1 fully saturated rings. The standard InChI is InChI=1S/C23H26N6S/c1-30-21-9-19(11-25-13-21)23-15-29(28-27-23)14-17-5-6-18-8-20(26-22(18)7-17)12-24-10-16-3-2-4-16/h5-9,11,13,15-16,24,26H,2-4,10,12,14H2,1H3. The summed E-state index contributed by atoms with van der Waals surface area (Å²) in [6, 6.07) is 10.9. The Morgan fingerprint density at radius 3 is 2.97 bits per heavy atom. The number of aromatic nitrogens is 5. The lowest BCUT2D eigenvalue weighted by molar-refractivity contribution is 0.301. The Morgan fingerprint density at radius 2 is 2.13 bits per heavy atom. The first-order chi connectivity index (χ1) is 14.8. The molecule has 0 aliphatic heterocycles. The van der Waals surface area contributed by atoms with Crippen LogP contribution in [0.1, 0.15) is 30.5 Å². The average molecular weight is 419 g/mol. The largest absolute Gasteiger partial charge is 0.357 e. The number of pyridine rings is 1. The fraction of sp³-hybridized carbons (Fsp3) is 0.348. The summed E-state index contributed by atoms with van der Waals surface area (Å²) in [5.74, 6) is 0.882. The molecule has 0 bridgehead atoms. The molecule has 0 saturated heterocycles. The first kappa shape index (κ1) is 19.3. The maximum atomic E-state index is 4.33. The van der Waals surface area contributed by atoms with E-state index in [1.165, 1.54) is 41.4 Å². The Bertz CT molecular complexity index is 1140. The van der Waals surface area contributed by atoms with E-state index in [1.54, 1.807) is 11.8 Å². The van der Waals surface area contributed by atoms with Gasteiger partial charge in [-0.1, -0.05) is 23.8 Å². The SMILES string of the molecule is CSc1cncc(-c2cn(Cc3ccc4cc(CNCC5CCC5)[nH]c4c3)nn2)c1. The van der Waals surface area contributed by atoms with Crippen LogP contribution >= 0.6 is 11.8 Å². The highest BCUT2D eigenvalue weighted by Gasteiger charge is 2.16. The highest BCUT2D eigenvalue weighted by Crippen LogP contribution is 2.25. The zero-order valence-electron chi connectivity index (χ0n) is 17.1. The first-order valence-electron chi connectivity index (χ1n) is 10.5. The number of aromatic amines is 1. The van der Waals surface area contributed by atoms with Gasteiger partial charge in [0.05, 0.1) is 12.7 Å². The van der Waals surface area contributed by atoms with Crippen LogP contribution in [0.4, 0.5) is 0 Å². The number of fused-ring (bicyclic) bond motifs is 1. The molecule has 0 unspecified atom stereocenters. The molecule has 1 saturated carbocycles. The Kier molecular flexibility index (Phi) is 5.55. The lowest BCUT2D eigenvalue weighted by atomic mass is 9.85. The Labute approximate surface area is 180 Å². The van der Waals surface area contributed by atoms with Crippen LogP contribution in [0.2, 0.25) is 0 Å². The zero-order chi connectivity index (χ0) is 20.3. The third-order valence-corrected chi connectivity index (χ3v) is 6.54. The van der Waals surface area contributed by atoms with Crippen LogP contribution in [0.5, 0.6) is 0 Å². The monoisotopic (exact) mass is 418 g/mol. The fourth-order valence-corrected chi connectivity index (χ4v) is 4.31. The fourth-order valence-electron chi connectivity index (χ4n) is 3.90. The number of H-pyrrole nitrogens is 1. The van der Waals surface area contributed by atoms with Gasteiger partial charge in [-0.3, -0.25) is 4.98 Å². The molecular formula is C23H26N6S. The van der Waals surface area contributed by atoms with E-state index < -0.39 is 0 Å². The summed E-state index contributed by atoms with van der Waals surface area (Å²) in [5.41, 5.74) is 5.45. The molecule has 154 valence electrons. The molecular weight excluding hydrogens is 392 g/mol. The van der Waals surface area contributed by atoms with Gasteiger partial charge in [0.1, 0.15) is 5.69 Å². The van der Waals surface area contributed by atoms with Gasteiger partial charge in [0, 0.05) is 40.6 Å². The van der Waals surface area contributed by atoms with Gasteiger partial charge < -0.3 is 10.3 Å². The number of nitrogens with zero attached hydrogens (tertiary/aromatic N) is 4. The predicted octanol–water partition coefficient (Wildman–Crippen LogP) is 4.48. The minimum atomic E-state index is 0.687. The minimum absolute atomic E-state index is 0.687. The van der Waals surface area contributed by atoms with Gasteiger partial charge in [-0.15, -0.1) is 16.9 Å². The van der Waals surface area contributed by atoms with Crippen molar-refractivity contribution in [2.75, 3.05) is 12.8 Å². The molecule has 30 heavy (non-hydrogen) atoms. The van der Waals surface area contributed by atoms with E-state index in [2.05, 4.69) is 55.9 Å². The summed E-state index contributed by atoms with van der Waals surface area (Å²) >= 11 is 1.67. The molecule has 5 rings (SSSR count). The van der Waals surface area contributed by atoms with Crippen molar-refractivity contribution in [1.82, 2.24) is 30.3 Å². The van der Waals surface area contributed by atoms with Crippen molar-refractivity contribution in [2.24, 2.45) is 5.92 Å². The van der Waals surface area contributed by atoms with E-state index in [0.717, 1.165) is 35.2 Å². The second kappa shape index (κ2) is 8.62. The minimum Gasteiger partial charge on any atom is -0.357 e. The maximum Gasteiger partial charge on any atom is 0.114 e. The van der Waals surface area contributed by atoms with E-state index in [1.807, 2.05) is 29.5 Å². The van der Waals surface area contributed by atoms with E-state index in [9.17, 15) is 0 Å². The van der Waals surface area contributed by atoms with Crippen LogP contribution in [-0.2, 0) is 13.1 Å². The topological polar surface area (TPSA) is 71.4 Å². The quantitative estimate of drug-likeness (QED) is 0.413. The van der Waals surface area contributed by atoms with Crippen molar-refractivity contribution < 1.29 is 0 Å². The molecule has 2 N–H and O–H groups in total. The second-order valence-corrected chi connectivity index (χ2v) is 8.94. The number of nitrogens with one attached hydrogen (secondary N) is 2. The molecule has 1 aliphatic carbocycles. The summed E-state index contributed by atoms with van der Waals surface area (Å²) in [5, 5.41) is 13.5. The molecule has 1 aliphatic rings. The number of benzene rings is 1. The molecule has 4 aromatic rings. The maximum absolute atomic E-state index is 4.33. The predicted molar refractivity (Wildman–Crippen MR) is 121 cm³/mol. The molecule has 0 radical (unpaired) electrons. The van der Waals surface area contributed by atoms with Crippen LogP contribution in [0.15, 0.2) is 53.8 Å². The van der Waals surface area contributed by atoms with Crippen molar-refractivity contribution in [1.29, 1.82) is 0 Å². The zero-order valence-corrected chi connectivity index (χ0v) is 18.0. The Morgan fingerprint density at radius 1 is 1.20 bits per heavy atom. The van der Waals surface area contributed by atoms with Crippen molar-refractivity contribution in [3.8, 4) is 11.3 Å². The molecule has 3 heterocycles. The van der Waals surface area contributed by atoms with Crippen molar-refractivity contribution in [3.63, 3.8) is 0 Å². The molecule has 0 atom stereocenters. The van der Waals surface area contributed by atoms with Crippen LogP contribution in [-0.4, -0.2) is 37.8 Å². The van der Waals surface area contributed by atoms with Gasteiger partial charge in [-0.2, -0.15) is 0 Å². The molecule has 0 amide bonds. The third kappa shape index (κ3) is 4.27. The highest BCUT2D eigenvalue weighted by molar-refractivity contribution is 7.98. The third-order valence-electron chi connectivity index (χ3n) is 5.84. The van der Waals surface area contributed by atoms with E-state index in [-0.39, 0.29) is 0 Å². The molecule has 1 aromatic carbocycles.